The smallest absolute Gasteiger partial charge is 0.347 e. The van der Waals surface area contributed by atoms with Crippen molar-refractivity contribution < 1.29 is 13.9 Å². The maximum Gasteiger partial charge on any atom is 0.347 e. The summed E-state index contributed by atoms with van der Waals surface area (Å²) in [6, 6.07) is 6.93. The SMILES string of the molecule is Cc1ccc(Cl)c(OC(=O)c2cc(C)oc2C)c1. The van der Waals surface area contributed by atoms with Gasteiger partial charge in [0.25, 0.3) is 0 Å². The maximum atomic E-state index is 12.0. The normalized spacial score (nSPS) is 10.4. The molecular formula is C14H13ClO3. The second kappa shape index (κ2) is 4.86. The van der Waals surface area contributed by atoms with Crippen molar-refractivity contribution in [2.24, 2.45) is 0 Å². The molecule has 0 bridgehead atoms. The van der Waals surface area contributed by atoms with Gasteiger partial charge in [-0.25, -0.2) is 4.79 Å². The Labute approximate surface area is 110 Å². The van der Waals surface area contributed by atoms with Crippen LogP contribution >= 0.6 is 11.6 Å². The molecule has 0 spiro atoms. The molecule has 1 aromatic carbocycles. The Morgan fingerprint density at radius 3 is 2.56 bits per heavy atom. The fourth-order valence-corrected chi connectivity index (χ4v) is 1.83. The molecule has 0 amide bonds. The molecule has 0 unspecified atom stereocenters. The minimum atomic E-state index is -0.461. The zero-order chi connectivity index (χ0) is 13.3. The maximum absolute atomic E-state index is 12.0. The summed E-state index contributed by atoms with van der Waals surface area (Å²) < 4.78 is 10.6. The van der Waals surface area contributed by atoms with Crippen LogP contribution in [0.3, 0.4) is 0 Å². The first-order valence-corrected chi connectivity index (χ1v) is 5.90. The molecule has 0 fully saturated rings. The molecule has 1 heterocycles. The molecule has 4 heteroatoms. The molecule has 3 nitrogen and oxygen atoms in total. The Hall–Kier alpha value is -1.74. The highest BCUT2D eigenvalue weighted by molar-refractivity contribution is 6.32. The monoisotopic (exact) mass is 264 g/mol. The van der Waals surface area contributed by atoms with Gasteiger partial charge in [-0.3, -0.25) is 0 Å². The molecule has 0 aliphatic heterocycles. The molecule has 2 rings (SSSR count). The van der Waals surface area contributed by atoms with Crippen LogP contribution < -0.4 is 4.74 Å². The third kappa shape index (κ3) is 2.57. The molecule has 2 aromatic rings. The largest absolute Gasteiger partial charge is 0.466 e. The predicted octanol–water partition coefficient (Wildman–Crippen LogP) is 4.08. The molecule has 94 valence electrons. The van der Waals surface area contributed by atoms with Gasteiger partial charge in [-0.15, -0.1) is 0 Å². The fourth-order valence-electron chi connectivity index (χ4n) is 1.68. The second-order valence-corrected chi connectivity index (χ2v) is 4.56. The van der Waals surface area contributed by atoms with Crippen molar-refractivity contribution in [2.45, 2.75) is 20.8 Å². The van der Waals surface area contributed by atoms with Crippen LogP contribution in [0.15, 0.2) is 28.7 Å². The molecule has 0 N–H and O–H groups in total. The first-order chi connectivity index (χ1) is 8.47. The van der Waals surface area contributed by atoms with Gasteiger partial charge < -0.3 is 9.15 Å². The van der Waals surface area contributed by atoms with Crippen molar-refractivity contribution in [3.05, 3.63) is 51.9 Å². The lowest BCUT2D eigenvalue weighted by molar-refractivity contribution is 0.0733. The first kappa shape index (κ1) is 12.7. The Kier molecular flexibility index (Phi) is 3.43. The molecule has 0 aliphatic carbocycles. The molecule has 0 saturated carbocycles. The first-order valence-electron chi connectivity index (χ1n) is 5.52. The summed E-state index contributed by atoms with van der Waals surface area (Å²) in [6.07, 6.45) is 0. The summed E-state index contributed by atoms with van der Waals surface area (Å²) in [5.74, 6) is 1.12. The molecule has 0 radical (unpaired) electrons. The van der Waals surface area contributed by atoms with E-state index in [1.807, 2.05) is 13.0 Å². The zero-order valence-electron chi connectivity index (χ0n) is 10.4. The number of esters is 1. The van der Waals surface area contributed by atoms with E-state index < -0.39 is 5.97 Å². The highest BCUT2D eigenvalue weighted by Gasteiger charge is 2.17. The summed E-state index contributed by atoms with van der Waals surface area (Å²) in [5.41, 5.74) is 1.40. The number of carbonyl (C=O) groups excluding carboxylic acids is 1. The summed E-state index contributed by atoms with van der Waals surface area (Å²) in [7, 11) is 0. The van der Waals surface area contributed by atoms with Gasteiger partial charge in [0.05, 0.1) is 5.02 Å². The van der Waals surface area contributed by atoms with Gasteiger partial charge >= 0.3 is 5.97 Å². The van der Waals surface area contributed by atoms with E-state index in [0.29, 0.717) is 27.9 Å². The minimum Gasteiger partial charge on any atom is -0.466 e. The fraction of sp³-hybridized carbons (Fsp3) is 0.214. The third-order valence-electron chi connectivity index (χ3n) is 2.55. The van der Waals surface area contributed by atoms with E-state index in [0.717, 1.165) is 5.56 Å². The minimum absolute atomic E-state index is 0.361. The van der Waals surface area contributed by atoms with Crippen LogP contribution in [0.2, 0.25) is 5.02 Å². The zero-order valence-corrected chi connectivity index (χ0v) is 11.2. The number of hydrogen-bond donors (Lipinski definition) is 0. The lowest BCUT2D eigenvalue weighted by Gasteiger charge is -2.06. The average molecular weight is 265 g/mol. The quantitative estimate of drug-likeness (QED) is 0.606. The van der Waals surface area contributed by atoms with Crippen LogP contribution in [0, 0.1) is 20.8 Å². The van der Waals surface area contributed by atoms with Crippen molar-refractivity contribution in [3.8, 4) is 5.75 Å². The Bertz CT molecular complexity index is 599. The molecule has 18 heavy (non-hydrogen) atoms. The van der Waals surface area contributed by atoms with E-state index in [2.05, 4.69) is 0 Å². The van der Waals surface area contributed by atoms with Gasteiger partial charge in [0, 0.05) is 0 Å². The van der Waals surface area contributed by atoms with E-state index >= 15 is 0 Å². The van der Waals surface area contributed by atoms with Crippen molar-refractivity contribution >= 4 is 17.6 Å². The number of rotatable bonds is 2. The summed E-state index contributed by atoms with van der Waals surface area (Å²) in [5, 5.41) is 0.409. The summed E-state index contributed by atoms with van der Waals surface area (Å²) in [4.78, 5) is 12.0. The van der Waals surface area contributed by atoms with Gasteiger partial charge in [-0.05, 0) is 44.5 Å². The van der Waals surface area contributed by atoms with E-state index in [-0.39, 0.29) is 0 Å². The van der Waals surface area contributed by atoms with Gasteiger partial charge in [0.15, 0.2) is 0 Å². The van der Waals surface area contributed by atoms with E-state index in [4.69, 9.17) is 20.8 Å². The van der Waals surface area contributed by atoms with Crippen LogP contribution in [0.5, 0.6) is 5.75 Å². The van der Waals surface area contributed by atoms with Gasteiger partial charge in [-0.2, -0.15) is 0 Å². The number of hydrogen-bond acceptors (Lipinski definition) is 3. The third-order valence-corrected chi connectivity index (χ3v) is 2.86. The number of aryl methyl sites for hydroxylation is 3. The number of carbonyl (C=O) groups is 1. The van der Waals surface area contributed by atoms with Crippen molar-refractivity contribution in [1.82, 2.24) is 0 Å². The number of benzene rings is 1. The topological polar surface area (TPSA) is 39.4 Å². The van der Waals surface area contributed by atoms with E-state index in [9.17, 15) is 4.79 Å². The van der Waals surface area contributed by atoms with Gasteiger partial charge in [-0.1, -0.05) is 17.7 Å². The van der Waals surface area contributed by atoms with Crippen molar-refractivity contribution in [3.63, 3.8) is 0 Å². The number of ether oxygens (including phenoxy) is 1. The van der Waals surface area contributed by atoms with Crippen molar-refractivity contribution in [1.29, 1.82) is 0 Å². The molecule has 1 aromatic heterocycles. The lowest BCUT2D eigenvalue weighted by atomic mass is 10.2. The van der Waals surface area contributed by atoms with Crippen LogP contribution in [0.1, 0.15) is 27.4 Å². The van der Waals surface area contributed by atoms with Crippen molar-refractivity contribution in [2.75, 3.05) is 0 Å². The standard InChI is InChI=1S/C14H13ClO3/c1-8-4-5-12(15)13(6-8)18-14(16)11-7-9(2)17-10(11)3/h4-7H,1-3H3. The second-order valence-electron chi connectivity index (χ2n) is 4.15. The predicted molar refractivity (Wildman–Crippen MR) is 69.3 cm³/mol. The van der Waals surface area contributed by atoms with Crippen LogP contribution in [0.4, 0.5) is 0 Å². The van der Waals surface area contributed by atoms with Crippen LogP contribution in [-0.2, 0) is 0 Å². The Morgan fingerprint density at radius 2 is 1.94 bits per heavy atom. The van der Waals surface area contributed by atoms with Gasteiger partial charge in [0.2, 0.25) is 0 Å². The number of furan rings is 1. The van der Waals surface area contributed by atoms with E-state index in [1.165, 1.54) is 0 Å². The average Bonchev–Trinajstić information content (AvgIpc) is 2.63. The Balaban J connectivity index is 2.26. The highest BCUT2D eigenvalue weighted by Crippen LogP contribution is 2.26. The van der Waals surface area contributed by atoms with Gasteiger partial charge in [0.1, 0.15) is 22.8 Å². The molecular weight excluding hydrogens is 252 g/mol. The van der Waals surface area contributed by atoms with Crippen LogP contribution in [0.25, 0.3) is 0 Å². The highest BCUT2D eigenvalue weighted by atomic mass is 35.5. The molecule has 0 aliphatic rings. The molecule has 0 atom stereocenters. The summed E-state index contributed by atoms with van der Waals surface area (Å²) >= 11 is 5.97. The Morgan fingerprint density at radius 1 is 1.22 bits per heavy atom. The lowest BCUT2D eigenvalue weighted by Crippen LogP contribution is -2.09. The molecule has 0 saturated heterocycles. The number of halogens is 1. The van der Waals surface area contributed by atoms with E-state index in [1.54, 1.807) is 32.0 Å². The van der Waals surface area contributed by atoms with Crippen LogP contribution in [-0.4, -0.2) is 5.97 Å². The summed E-state index contributed by atoms with van der Waals surface area (Å²) in [6.45, 7) is 5.41.